The average molecular weight is 374 g/mol. The Hall–Kier alpha value is -2.31. The summed E-state index contributed by atoms with van der Waals surface area (Å²) in [6.45, 7) is 1.84. The van der Waals surface area contributed by atoms with E-state index in [2.05, 4.69) is 15.2 Å². The lowest BCUT2D eigenvalue weighted by atomic mass is 10.1. The molecule has 0 aliphatic rings. The summed E-state index contributed by atoms with van der Waals surface area (Å²) in [6, 6.07) is 14.4. The lowest BCUT2D eigenvalue weighted by Crippen LogP contribution is -2.13. The molecule has 3 rings (SSSR count). The molecule has 1 N–H and O–H groups in total. The summed E-state index contributed by atoms with van der Waals surface area (Å²) in [5, 5.41) is 7.92. The summed E-state index contributed by atoms with van der Waals surface area (Å²) < 4.78 is 5.14. The number of thioether (sulfide) groups is 1. The number of carbonyl (C=O) groups excluding carboxylic acids is 1. The number of nitrogens with one attached hydrogen (secondary N) is 1. The summed E-state index contributed by atoms with van der Waals surface area (Å²) in [5.41, 5.74) is 1.52. The van der Waals surface area contributed by atoms with Gasteiger partial charge in [-0.1, -0.05) is 23.4 Å². The van der Waals surface area contributed by atoms with Crippen molar-refractivity contribution in [3.8, 4) is 17.1 Å². The van der Waals surface area contributed by atoms with Gasteiger partial charge in [0.15, 0.2) is 11.6 Å². The number of ether oxygens (including phenoxy) is 1. The van der Waals surface area contributed by atoms with E-state index in [0.29, 0.717) is 21.6 Å². The smallest absolute Gasteiger partial charge is 0.209 e. The molecular weight excluding hydrogens is 358 g/mol. The number of methoxy groups -OCH3 is 1. The van der Waals surface area contributed by atoms with E-state index >= 15 is 0 Å². The van der Waals surface area contributed by atoms with Gasteiger partial charge >= 0.3 is 0 Å². The van der Waals surface area contributed by atoms with Crippen LogP contribution in [-0.4, -0.2) is 33.3 Å². The molecule has 128 valence electrons. The fourth-order valence-electron chi connectivity index (χ4n) is 2.24. The molecule has 0 unspecified atom stereocenters. The van der Waals surface area contributed by atoms with Crippen molar-refractivity contribution >= 4 is 29.1 Å². The first-order chi connectivity index (χ1) is 12.1. The number of halogens is 1. The van der Waals surface area contributed by atoms with Gasteiger partial charge in [-0.05, 0) is 55.5 Å². The van der Waals surface area contributed by atoms with E-state index in [9.17, 15) is 4.79 Å². The lowest BCUT2D eigenvalue weighted by molar-refractivity contribution is 0.0994. The molecule has 0 spiro atoms. The molecule has 25 heavy (non-hydrogen) atoms. The highest BCUT2D eigenvalue weighted by atomic mass is 35.5. The molecule has 0 aliphatic carbocycles. The van der Waals surface area contributed by atoms with Crippen molar-refractivity contribution in [2.45, 2.75) is 17.3 Å². The minimum absolute atomic E-state index is 0.0115. The highest BCUT2D eigenvalue weighted by Crippen LogP contribution is 2.26. The van der Waals surface area contributed by atoms with Crippen molar-refractivity contribution in [2.75, 3.05) is 7.11 Å². The van der Waals surface area contributed by atoms with Crippen LogP contribution < -0.4 is 4.74 Å². The average Bonchev–Trinajstić information content (AvgIpc) is 3.10. The molecule has 1 atom stereocenters. The van der Waals surface area contributed by atoms with E-state index in [1.807, 2.05) is 31.2 Å². The third-order valence-electron chi connectivity index (χ3n) is 3.61. The zero-order chi connectivity index (χ0) is 17.8. The van der Waals surface area contributed by atoms with Gasteiger partial charge in [0.05, 0.1) is 12.4 Å². The second-order valence-electron chi connectivity index (χ2n) is 5.33. The number of rotatable bonds is 6. The van der Waals surface area contributed by atoms with Crippen molar-refractivity contribution in [1.82, 2.24) is 15.2 Å². The number of ketones is 1. The molecule has 1 aromatic heterocycles. The summed E-state index contributed by atoms with van der Waals surface area (Å²) in [7, 11) is 1.62. The third kappa shape index (κ3) is 4.21. The Morgan fingerprint density at radius 1 is 1.16 bits per heavy atom. The number of aromatic nitrogens is 3. The van der Waals surface area contributed by atoms with Gasteiger partial charge in [-0.25, -0.2) is 4.98 Å². The molecule has 0 fully saturated rings. The summed E-state index contributed by atoms with van der Waals surface area (Å²) in [4.78, 5) is 16.9. The molecule has 3 aromatic rings. The maximum absolute atomic E-state index is 12.5. The Morgan fingerprint density at radius 3 is 2.48 bits per heavy atom. The monoisotopic (exact) mass is 373 g/mol. The molecule has 1 heterocycles. The first-order valence-electron chi connectivity index (χ1n) is 7.60. The minimum Gasteiger partial charge on any atom is -0.497 e. The lowest BCUT2D eigenvalue weighted by Gasteiger charge is -2.07. The molecular formula is C18H16ClN3O2S. The van der Waals surface area contributed by atoms with Crippen LogP contribution >= 0.6 is 23.4 Å². The second-order valence-corrected chi connectivity index (χ2v) is 7.07. The fraction of sp³-hybridized carbons (Fsp3) is 0.167. The predicted octanol–water partition coefficient (Wildman–Crippen LogP) is 4.50. The molecule has 0 bridgehead atoms. The zero-order valence-corrected chi connectivity index (χ0v) is 15.3. The quantitative estimate of drug-likeness (QED) is 0.509. The van der Waals surface area contributed by atoms with Gasteiger partial charge in [-0.3, -0.25) is 9.89 Å². The summed E-state index contributed by atoms with van der Waals surface area (Å²) >= 11 is 7.17. The van der Waals surface area contributed by atoms with Crippen molar-refractivity contribution in [1.29, 1.82) is 0 Å². The standard InChI is InChI=1S/C18H16ClN3O2S/c1-11(16(23)12-3-7-14(19)8-4-12)25-18-20-17(21-22-18)13-5-9-15(24-2)10-6-13/h3-11H,1-2H3,(H,20,21,22)/t11-/m0/s1. The Kier molecular flexibility index (Phi) is 5.40. The van der Waals surface area contributed by atoms with Crippen LogP contribution in [0.1, 0.15) is 17.3 Å². The number of aromatic amines is 1. The molecule has 0 aliphatic heterocycles. The number of nitrogens with zero attached hydrogens (tertiary/aromatic N) is 2. The number of benzene rings is 2. The van der Waals surface area contributed by atoms with E-state index in [4.69, 9.17) is 16.3 Å². The number of carbonyl (C=O) groups is 1. The SMILES string of the molecule is COc1ccc(-c2nc(S[C@@H](C)C(=O)c3ccc(Cl)cc3)n[nH]2)cc1. The Bertz CT molecular complexity index is 863. The van der Waals surface area contributed by atoms with E-state index in [-0.39, 0.29) is 11.0 Å². The Morgan fingerprint density at radius 2 is 1.84 bits per heavy atom. The van der Waals surface area contributed by atoms with Gasteiger partial charge in [-0.15, -0.1) is 5.10 Å². The molecule has 5 nitrogen and oxygen atoms in total. The van der Waals surface area contributed by atoms with Crippen molar-refractivity contribution < 1.29 is 9.53 Å². The second kappa shape index (κ2) is 7.72. The van der Waals surface area contributed by atoms with E-state index in [0.717, 1.165) is 11.3 Å². The Balaban J connectivity index is 1.69. The maximum atomic E-state index is 12.5. The van der Waals surface area contributed by atoms with Crippen LogP contribution in [0.3, 0.4) is 0 Å². The van der Waals surface area contributed by atoms with Crippen molar-refractivity contribution in [2.24, 2.45) is 0 Å². The molecule has 0 amide bonds. The van der Waals surface area contributed by atoms with Crippen LogP contribution in [0.5, 0.6) is 5.75 Å². The largest absolute Gasteiger partial charge is 0.497 e. The van der Waals surface area contributed by atoms with E-state index < -0.39 is 0 Å². The third-order valence-corrected chi connectivity index (χ3v) is 4.82. The van der Waals surface area contributed by atoms with Crippen LogP contribution in [0, 0.1) is 0 Å². The molecule has 2 aromatic carbocycles. The van der Waals surface area contributed by atoms with Gasteiger partial charge in [0, 0.05) is 16.1 Å². The fourth-order valence-corrected chi connectivity index (χ4v) is 3.17. The minimum atomic E-state index is -0.305. The van der Waals surface area contributed by atoms with Crippen LogP contribution in [-0.2, 0) is 0 Å². The van der Waals surface area contributed by atoms with Crippen LogP contribution in [0.4, 0.5) is 0 Å². The van der Waals surface area contributed by atoms with Crippen LogP contribution in [0.25, 0.3) is 11.4 Å². The van der Waals surface area contributed by atoms with Crippen LogP contribution in [0.15, 0.2) is 53.7 Å². The molecule has 7 heteroatoms. The summed E-state index contributed by atoms with van der Waals surface area (Å²) in [6.07, 6.45) is 0. The molecule has 0 radical (unpaired) electrons. The maximum Gasteiger partial charge on any atom is 0.209 e. The van der Waals surface area contributed by atoms with Crippen molar-refractivity contribution in [3.63, 3.8) is 0 Å². The van der Waals surface area contributed by atoms with E-state index in [1.54, 1.807) is 31.4 Å². The van der Waals surface area contributed by atoms with Gasteiger partial charge in [-0.2, -0.15) is 0 Å². The first-order valence-corrected chi connectivity index (χ1v) is 8.86. The van der Waals surface area contributed by atoms with Gasteiger partial charge in [0.1, 0.15) is 5.75 Å². The Labute approximate surface area is 154 Å². The number of hydrogen-bond acceptors (Lipinski definition) is 5. The number of Topliss-reactive ketones (excluding diaryl/α,β-unsaturated/α-hetero) is 1. The summed E-state index contributed by atoms with van der Waals surface area (Å²) in [5.74, 6) is 1.44. The van der Waals surface area contributed by atoms with Crippen molar-refractivity contribution in [3.05, 3.63) is 59.1 Å². The molecule has 0 saturated heterocycles. The molecule has 0 saturated carbocycles. The highest BCUT2D eigenvalue weighted by molar-refractivity contribution is 8.00. The van der Waals surface area contributed by atoms with Gasteiger partial charge < -0.3 is 4.74 Å². The van der Waals surface area contributed by atoms with Gasteiger partial charge in [0.25, 0.3) is 0 Å². The topological polar surface area (TPSA) is 67.9 Å². The van der Waals surface area contributed by atoms with E-state index in [1.165, 1.54) is 11.8 Å². The normalized spacial score (nSPS) is 12.0. The number of hydrogen-bond donors (Lipinski definition) is 1. The highest BCUT2D eigenvalue weighted by Gasteiger charge is 2.19. The van der Waals surface area contributed by atoms with Crippen LogP contribution in [0.2, 0.25) is 5.02 Å². The first kappa shape index (κ1) is 17.5. The zero-order valence-electron chi connectivity index (χ0n) is 13.7. The number of H-pyrrole nitrogens is 1. The predicted molar refractivity (Wildman–Crippen MR) is 99.5 cm³/mol. The van der Waals surface area contributed by atoms with Gasteiger partial charge in [0.2, 0.25) is 5.16 Å².